The zero-order chi connectivity index (χ0) is 22.8. The van der Waals surface area contributed by atoms with Crippen LogP contribution in [-0.2, 0) is 4.74 Å². The highest BCUT2D eigenvalue weighted by atomic mass is 19.1. The van der Waals surface area contributed by atoms with E-state index >= 15 is 0 Å². The van der Waals surface area contributed by atoms with E-state index in [4.69, 9.17) is 9.72 Å². The predicted molar refractivity (Wildman–Crippen MR) is 135 cm³/mol. The minimum Gasteiger partial charge on any atom is -0.378 e. The predicted octanol–water partition coefficient (Wildman–Crippen LogP) is 5.51. The molecule has 2 aromatic carbocycles. The highest BCUT2D eigenvalue weighted by Gasteiger charge is 2.17. The van der Waals surface area contributed by atoms with Crippen molar-refractivity contribution in [3.8, 4) is 0 Å². The van der Waals surface area contributed by atoms with E-state index in [0.717, 1.165) is 32.0 Å². The average Bonchev–Trinajstić information content (AvgIpc) is 3.19. The van der Waals surface area contributed by atoms with Crippen LogP contribution in [0.2, 0.25) is 0 Å². The van der Waals surface area contributed by atoms with E-state index < -0.39 is 0 Å². The second-order valence-electron chi connectivity index (χ2n) is 8.18. The highest BCUT2D eigenvalue weighted by Crippen LogP contribution is 2.28. The van der Waals surface area contributed by atoms with E-state index in [9.17, 15) is 4.39 Å². The SMILES string of the molecule is C.CC(C)n1c(Nc2ccccc2F)nc2cnc(Nc3ccc(N4CCOCC4)cc3)nc21. The monoisotopic (exact) mass is 463 g/mol. The summed E-state index contributed by atoms with van der Waals surface area (Å²) in [6.45, 7) is 7.38. The summed E-state index contributed by atoms with van der Waals surface area (Å²) in [5, 5.41) is 6.37. The summed E-state index contributed by atoms with van der Waals surface area (Å²) < 4.78 is 21.5. The number of ether oxygens (including phenoxy) is 1. The van der Waals surface area contributed by atoms with Crippen LogP contribution < -0.4 is 15.5 Å². The van der Waals surface area contributed by atoms with Crippen LogP contribution in [0.5, 0.6) is 0 Å². The molecule has 4 aromatic rings. The van der Waals surface area contributed by atoms with Crippen molar-refractivity contribution in [3.63, 3.8) is 0 Å². The lowest BCUT2D eigenvalue weighted by molar-refractivity contribution is 0.122. The van der Waals surface area contributed by atoms with Gasteiger partial charge in [-0.15, -0.1) is 0 Å². The molecule has 0 amide bonds. The minimum atomic E-state index is -0.339. The molecule has 1 saturated heterocycles. The molecule has 0 unspecified atom stereocenters. The Kier molecular flexibility index (Phi) is 6.93. The van der Waals surface area contributed by atoms with E-state index in [1.54, 1.807) is 24.4 Å². The van der Waals surface area contributed by atoms with E-state index in [-0.39, 0.29) is 19.3 Å². The first-order chi connectivity index (χ1) is 16.1. The van der Waals surface area contributed by atoms with Crippen LogP contribution in [0.4, 0.5) is 33.3 Å². The third-order valence-corrected chi connectivity index (χ3v) is 5.57. The van der Waals surface area contributed by atoms with Gasteiger partial charge in [0.15, 0.2) is 5.65 Å². The van der Waals surface area contributed by atoms with Gasteiger partial charge < -0.3 is 20.3 Å². The average molecular weight is 464 g/mol. The molecule has 0 aliphatic carbocycles. The second-order valence-corrected chi connectivity index (χ2v) is 8.18. The maximum atomic E-state index is 14.2. The zero-order valence-electron chi connectivity index (χ0n) is 18.6. The molecule has 5 rings (SSSR count). The van der Waals surface area contributed by atoms with Crippen LogP contribution in [0.1, 0.15) is 27.3 Å². The molecule has 1 aliphatic rings. The third-order valence-electron chi connectivity index (χ3n) is 5.57. The molecule has 34 heavy (non-hydrogen) atoms. The number of hydrogen-bond donors (Lipinski definition) is 2. The van der Waals surface area contributed by atoms with Gasteiger partial charge in [-0.2, -0.15) is 4.98 Å². The first-order valence-corrected chi connectivity index (χ1v) is 11.0. The Bertz CT molecular complexity index is 1250. The standard InChI is InChI=1S/C24H26FN7O.CH4/c1-16(2)32-22-21(29-24(32)28-20-6-4-3-5-19(20)25)15-26-23(30-22)27-17-7-9-18(10-8-17)31-11-13-33-14-12-31;/h3-10,15-16H,11-14H2,1-2H3,(H,28,29)(H,26,27,30);1H4. The van der Waals surface area contributed by atoms with Gasteiger partial charge in [0, 0.05) is 30.5 Å². The minimum absolute atomic E-state index is 0. The van der Waals surface area contributed by atoms with Gasteiger partial charge in [0.25, 0.3) is 0 Å². The summed E-state index contributed by atoms with van der Waals surface area (Å²) in [7, 11) is 0. The molecule has 0 atom stereocenters. The number of imidazole rings is 1. The quantitative estimate of drug-likeness (QED) is 0.390. The topological polar surface area (TPSA) is 80.1 Å². The Morgan fingerprint density at radius 3 is 2.41 bits per heavy atom. The molecule has 178 valence electrons. The van der Waals surface area contributed by atoms with Crippen molar-refractivity contribution in [1.29, 1.82) is 0 Å². The van der Waals surface area contributed by atoms with Gasteiger partial charge in [-0.1, -0.05) is 19.6 Å². The Morgan fingerprint density at radius 1 is 0.971 bits per heavy atom. The number of anilines is 5. The number of para-hydroxylation sites is 1. The van der Waals surface area contributed by atoms with Crippen molar-refractivity contribution < 1.29 is 9.13 Å². The van der Waals surface area contributed by atoms with Crippen molar-refractivity contribution in [2.45, 2.75) is 27.3 Å². The number of halogens is 1. The molecule has 0 spiro atoms. The van der Waals surface area contributed by atoms with Crippen LogP contribution in [-0.4, -0.2) is 45.8 Å². The Hall–Kier alpha value is -3.72. The van der Waals surface area contributed by atoms with Gasteiger partial charge in [0.2, 0.25) is 11.9 Å². The molecule has 9 heteroatoms. The van der Waals surface area contributed by atoms with E-state index in [0.29, 0.717) is 28.7 Å². The summed E-state index contributed by atoms with van der Waals surface area (Å²) in [6.07, 6.45) is 1.68. The van der Waals surface area contributed by atoms with Crippen LogP contribution in [0, 0.1) is 5.82 Å². The van der Waals surface area contributed by atoms with Gasteiger partial charge in [-0.05, 0) is 50.2 Å². The highest BCUT2D eigenvalue weighted by molar-refractivity contribution is 5.77. The van der Waals surface area contributed by atoms with Crippen LogP contribution in [0.15, 0.2) is 54.7 Å². The Morgan fingerprint density at radius 2 is 1.71 bits per heavy atom. The van der Waals surface area contributed by atoms with Gasteiger partial charge in [0.05, 0.1) is 25.1 Å². The number of fused-ring (bicyclic) bond motifs is 1. The number of rotatable bonds is 6. The third kappa shape index (κ3) is 4.79. The molecular formula is C25H30FN7O. The van der Waals surface area contributed by atoms with Gasteiger partial charge in [-0.3, -0.25) is 4.57 Å². The number of aromatic nitrogens is 4. The lowest BCUT2D eigenvalue weighted by atomic mass is 10.2. The van der Waals surface area contributed by atoms with Gasteiger partial charge in [0.1, 0.15) is 11.3 Å². The van der Waals surface area contributed by atoms with Gasteiger partial charge >= 0.3 is 0 Å². The molecule has 2 aromatic heterocycles. The summed E-state index contributed by atoms with van der Waals surface area (Å²) in [6, 6.07) is 14.8. The molecule has 8 nitrogen and oxygen atoms in total. The summed E-state index contributed by atoms with van der Waals surface area (Å²) >= 11 is 0. The Balaban J connectivity index is 0.00000274. The van der Waals surface area contributed by atoms with Gasteiger partial charge in [-0.25, -0.2) is 14.4 Å². The van der Waals surface area contributed by atoms with Crippen LogP contribution in [0.25, 0.3) is 11.2 Å². The molecular weight excluding hydrogens is 433 g/mol. The maximum absolute atomic E-state index is 14.2. The first-order valence-electron chi connectivity index (χ1n) is 11.0. The van der Waals surface area contributed by atoms with Crippen molar-refractivity contribution in [2.75, 3.05) is 41.8 Å². The fourth-order valence-corrected chi connectivity index (χ4v) is 3.92. The molecule has 0 saturated carbocycles. The van der Waals surface area contributed by atoms with Crippen molar-refractivity contribution in [3.05, 3.63) is 60.5 Å². The van der Waals surface area contributed by atoms with Crippen molar-refractivity contribution in [1.82, 2.24) is 19.5 Å². The lowest BCUT2D eigenvalue weighted by Crippen LogP contribution is -2.36. The largest absolute Gasteiger partial charge is 0.378 e. The number of benzene rings is 2. The van der Waals surface area contributed by atoms with Crippen LogP contribution in [0.3, 0.4) is 0 Å². The van der Waals surface area contributed by atoms with E-state index in [1.807, 2.05) is 30.5 Å². The van der Waals surface area contributed by atoms with Crippen LogP contribution >= 0.6 is 0 Å². The van der Waals surface area contributed by atoms with Crippen molar-refractivity contribution >= 4 is 40.1 Å². The normalized spacial score (nSPS) is 13.7. The second kappa shape index (κ2) is 10.0. The first kappa shape index (κ1) is 23.4. The fourth-order valence-electron chi connectivity index (χ4n) is 3.92. The fraction of sp³-hybridized carbons (Fsp3) is 0.320. The van der Waals surface area contributed by atoms with Crippen molar-refractivity contribution in [2.24, 2.45) is 0 Å². The van der Waals surface area contributed by atoms with E-state index in [1.165, 1.54) is 11.8 Å². The number of nitrogens with zero attached hydrogens (tertiary/aromatic N) is 5. The molecule has 3 heterocycles. The zero-order valence-corrected chi connectivity index (χ0v) is 18.6. The number of nitrogens with one attached hydrogen (secondary N) is 2. The summed E-state index contributed by atoms with van der Waals surface area (Å²) in [4.78, 5) is 16.0. The Labute approximate surface area is 198 Å². The molecule has 0 radical (unpaired) electrons. The summed E-state index contributed by atoms with van der Waals surface area (Å²) in [5.41, 5.74) is 3.73. The smallest absolute Gasteiger partial charge is 0.229 e. The lowest BCUT2D eigenvalue weighted by Gasteiger charge is -2.28. The number of morpholine rings is 1. The molecule has 2 N–H and O–H groups in total. The van der Waals surface area contributed by atoms with E-state index in [2.05, 4.69) is 37.6 Å². The number of hydrogen-bond acceptors (Lipinski definition) is 7. The molecule has 1 aliphatic heterocycles. The molecule has 0 bridgehead atoms. The maximum Gasteiger partial charge on any atom is 0.229 e. The molecule has 1 fully saturated rings. The summed E-state index contributed by atoms with van der Waals surface area (Å²) in [5.74, 6) is 0.654.